The Kier molecular flexibility index (Phi) is 4.79. The quantitative estimate of drug-likeness (QED) is 0.873. The Morgan fingerprint density at radius 1 is 1.24 bits per heavy atom. The number of nitrogens with one attached hydrogen (secondary N) is 2. The van der Waals surface area contributed by atoms with Gasteiger partial charge in [-0.1, -0.05) is 29.3 Å². The average Bonchev–Trinajstić information content (AvgIpc) is 3.22. The first-order valence-electron chi connectivity index (χ1n) is 6.84. The summed E-state index contributed by atoms with van der Waals surface area (Å²) in [6.07, 6.45) is 2.04. The summed E-state index contributed by atoms with van der Waals surface area (Å²) in [5, 5.41) is 6.34. The van der Waals surface area contributed by atoms with Crippen LogP contribution < -0.4 is 10.6 Å². The highest BCUT2D eigenvalue weighted by molar-refractivity contribution is 6.42. The largest absolute Gasteiger partial charge is 0.352 e. The Labute approximate surface area is 134 Å². The molecule has 0 saturated heterocycles. The molecule has 2 rings (SSSR count). The molecule has 0 spiro atoms. The summed E-state index contributed by atoms with van der Waals surface area (Å²) in [6, 6.07) is 5.39. The number of halogens is 2. The molecule has 1 aromatic carbocycles. The maximum atomic E-state index is 12.3. The van der Waals surface area contributed by atoms with Gasteiger partial charge < -0.3 is 10.6 Å². The summed E-state index contributed by atoms with van der Waals surface area (Å²) in [5.74, 6) is -0.386. The molecular weight excluding hydrogens is 311 g/mol. The molecule has 114 valence electrons. The maximum absolute atomic E-state index is 12.3. The van der Waals surface area contributed by atoms with E-state index in [0.717, 1.165) is 18.4 Å². The highest BCUT2D eigenvalue weighted by atomic mass is 35.5. The van der Waals surface area contributed by atoms with Gasteiger partial charge >= 0.3 is 0 Å². The molecule has 0 radical (unpaired) electrons. The molecule has 6 heteroatoms. The zero-order valence-electron chi connectivity index (χ0n) is 12.0. The van der Waals surface area contributed by atoms with Gasteiger partial charge in [0.2, 0.25) is 11.8 Å². The van der Waals surface area contributed by atoms with E-state index in [1.807, 2.05) is 0 Å². The number of rotatable bonds is 5. The van der Waals surface area contributed by atoms with Gasteiger partial charge in [-0.15, -0.1) is 0 Å². The van der Waals surface area contributed by atoms with Crippen molar-refractivity contribution in [2.24, 2.45) is 0 Å². The number of amides is 2. The molecule has 0 aliphatic heterocycles. The van der Waals surface area contributed by atoms with Crippen molar-refractivity contribution < 1.29 is 9.59 Å². The first kappa shape index (κ1) is 16.1. The number of carbonyl (C=O) groups excluding carboxylic acids is 2. The summed E-state index contributed by atoms with van der Waals surface area (Å²) >= 11 is 11.9. The Morgan fingerprint density at radius 3 is 2.48 bits per heavy atom. The molecule has 0 aromatic heterocycles. The second-order valence-corrected chi connectivity index (χ2v) is 6.59. The molecule has 1 saturated carbocycles. The molecular formula is C15H18Cl2N2O2. The van der Waals surface area contributed by atoms with Crippen LogP contribution in [-0.2, 0) is 15.0 Å². The van der Waals surface area contributed by atoms with Crippen LogP contribution in [0.1, 0.15) is 32.3 Å². The summed E-state index contributed by atoms with van der Waals surface area (Å²) in [6.45, 7) is 3.54. The predicted molar refractivity (Wildman–Crippen MR) is 83.7 cm³/mol. The first-order valence-corrected chi connectivity index (χ1v) is 7.59. The smallest absolute Gasteiger partial charge is 0.239 e. The normalized spacial score (nSPS) is 14.7. The van der Waals surface area contributed by atoms with Crippen LogP contribution in [0.3, 0.4) is 0 Å². The molecule has 21 heavy (non-hydrogen) atoms. The van der Waals surface area contributed by atoms with E-state index in [4.69, 9.17) is 23.2 Å². The number of hydrogen-bond acceptors (Lipinski definition) is 2. The van der Waals surface area contributed by atoms with E-state index in [1.165, 1.54) is 0 Å². The fourth-order valence-corrected chi connectivity index (χ4v) is 2.20. The number of hydrogen-bond donors (Lipinski definition) is 2. The van der Waals surface area contributed by atoms with Gasteiger partial charge in [0.05, 0.1) is 22.0 Å². The topological polar surface area (TPSA) is 58.2 Å². The summed E-state index contributed by atoms with van der Waals surface area (Å²) < 4.78 is 0. The van der Waals surface area contributed by atoms with E-state index in [-0.39, 0.29) is 24.4 Å². The van der Waals surface area contributed by atoms with Gasteiger partial charge in [0.25, 0.3) is 0 Å². The predicted octanol–water partition coefficient (Wildman–Crippen LogP) is 2.67. The van der Waals surface area contributed by atoms with Crippen LogP contribution >= 0.6 is 23.2 Å². The van der Waals surface area contributed by atoms with Gasteiger partial charge in [-0.25, -0.2) is 0 Å². The van der Waals surface area contributed by atoms with Crippen LogP contribution in [0.4, 0.5) is 0 Å². The second kappa shape index (κ2) is 6.24. The Bertz CT molecular complexity index is 569. The van der Waals surface area contributed by atoms with E-state index in [9.17, 15) is 9.59 Å². The van der Waals surface area contributed by atoms with E-state index in [2.05, 4.69) is 10.6 Å². The minimum atomic E-state index is -0.798. The van der Waals surface area contributed by atoms with Gasteiger partial charge in [-0.05, 0) is 44.4 Å². The van der Waals surface area contributed by atoms with Crippen LogP contribution in [0.25, 0.3) is 0 Å². The third kappa shape index (κ3) is 4.11. The van der Waals surface area contributed by atoms with Gasteiger partial charge in [0.1, 0.15) is 0 Å². The fraction of sp³-hybridized carbons (Fsp3) is 0.467. The van der Waals surface area contributed by atoms with Crippen LogP contribution in [-0.4, -0.2) is 24.4 Å². The molecule has 0 heterocycles. The van der Waals surface area contributed by atoms with Crippen molar-refractivity contribution in [1.82, 2.24) is 10.6 Å². The van der Waals surface area contributed by atoms with Crippen molar-refractivity contribution in [3.05, 3.63) is 33.8 Å². The number of carbonyl (C=O) groups is 2. The van der Waals surface area contributed by atoms with Crippen molar-refractivity contribution in [3.8, 4) is 0 Å². The molecule has 1 aliphatic carbocycles. The fourth-order valence-electron chi connectivity index (χ4n) is 1.90. The van der Waals surface area contributed by atoms with Gasteiger partial charge in [0, 0.05) is 6.04 Å². The minimum Gasteiger partial charge on any atom is -0.352 e. The molecule has 0 atom stereocenters. The Morgan fingerprint density at radius 2 is 1.90 bits per heavy atom. The zero-order valence-corrected chi connectivity index (χ0v) is 13.5. The lowest BCUT2D eigenvalue weighted by Crippen LogP contribution is -2.45. The van der Waals surface area contributed by atoms with Crippen molar-refractivity contribution in [2.75, 3.05) is 6.54 Å². The van der Waals surface area contributed by atoms with Crippen LogP contribution in [0, 0.1) is 0 Å². The summed E-state index contributed by atoms with van der Waals surface area (Å²) in [7, 11) is 0. The molecule has 1 aromatic rings. The van der Waals surface area contributed by atoms with Crippen molar-refractivity contribution in [3.63, 3.8) is 0 Å². The van der Waals surface area contributed by atoms with E-state index in [0.29, 0.717) is 10.0 Å². The van der Waals surface area contributed by atoms with Gasteiger partial charge in [-0.3, -0.25) is 9.59 Å². The lowest BCUT2D eigenvalue weighted by molar-refractivity contribution is -0.129. The highest BCUT2D eigenvalue weighted by Gasteiger charge is 2.31. The van der Waals surface area contributed by atoms with Gasteiger partial charge in [0.15, 0.2) is 0 Å². The highest BCUT2D eigenvalue weighted by Crippen LogP contribution is 2.30. The molecule has 2 N–H and O–H groups in total. The monoisotopic (exact) mass is 328 g/mol. The van der Waals surface area contributed by atoms with Crippen molar-refractivity contribution >= 4 is 35.0 Å². The van der Waals surface area contributed by atoms with E-state index in [1.54, 1.807) is 32.0 Å². The molecule has 0 bridgehead atoms. The van der Waals surface area contributed by atoms with Crippen LogP contribution in [0.5, 0.6) is 0 Å². The second-order valence-electron chi connectivity index (χ2n) is 5.78. The molecule has 0 unspecified atom stereocenters. The minimum absolute atomic E-state index is 0.0138. The lowest BCUT2D eigenvalue weighted by atomic mass is 9.84. The van der Waals surface area contributed by atoms with E-state index >= 15 is 0 Å². The molecule has 1 fully saturated rings. The Balaban J connectivity index is 1.98. The number of benzene rings is 1. The van der Waals surface area contributed by atoms with Crippen LogP contribution in [0.15, 0.2) is 18.2 Å². The standard InChI is InChI=1S/C15H18Cl2N2O2/c1-15(2,9-3-6-11(16)12(17)7-9)14(21)18-8-13(20)19-10-4-5-10/h3,6-7,10H,4-5,8H2,1-2H3,(H,18,21)(H,19,20). The lowest BCUT2D eigenvalue weighted by Gasteiger charge is -2.24. The SMILES string of the molecule is CC(C)(C(=O)NCC(=O)NC1CC1)c1ccc(Cl)c(Cl)c1. The first-order chi connectivity index (χ1) is 9.80. The molecule has 1 aliphatic rings. The average molecular weight is 329 g/mol. The van der Waals surface area contributed by atoms with E-state index < -0.39 is 5.41 Å². The summed E-state index contributed by atoms with van der Waals surface area (Å²) in [5.41, 5.74) is -0.0503. The third-order valence-electron chi connectivity index (χ3n) is 3.56. The summed E-state index contributed by atoms with van der Waals surface area (Å²) in [4.78, 5) is 23.9. The van der Waals surface area contributed by atoms with Crippen molar-refractivity contribution in [2.45, 2.75) is 38.1 Å². The van der Waals surface area contributed by atoms with Crippen molar-refractivity contribution in [1.29, 1.82) is 0 Å². The molecule has 2 amide bonds. The third-order valence-corrected chi connectivity index (χ3v) is 4.30. The Hall–Kier alpha value is -1.26. The van der Waals surface area contributed by atoms with Crippen LogP contribution in [0.2, 0.25) is 10.0 Å². The molecule has 4 nitrogen and oxygen atoms in total. The maximum Gasteiger partial charge on any atom is 0.239 e. The zero-order chi connectivity index (χ0) is 15.6. The van der Waals surface area contributed by atoms with Gasteiger partial charge in [-0.2, -0.15) is 0 Å².